The standard InChI is InChI=1S/C14H15F3N4O/c1-18-6-7-19-13(22)12-5-8-21(20-12)11-4-2-3-10(9-11)14(15,16)17/h2-5,8-9,18H,6-7H2,1H3,(H,19,22). The SMILES string of the molecule is CNCCNC(=O)c1ccn(-c2cccc(C(F)(F)F)c2)n1. The average Bonchev–Trinajstić information content (AvgIpc) is 2.96. The van der Waals surface area contributed by atoms with E-state index in [1.54, 1.807) is 7.05 Å². The molecule has 2 aromatic rings. The molecule has 0 radical (unpaired) electrons. The van der Waals surface area contributed by atoms with E-state index in [1.165, 1.54) is 29.1 Å². The molecule has 2 N–H and O–H groups in total. The summed E-state index contributed by atoms with van der Waals surface area (Å²) < 4.78 is 39.3. The third-order valence-corrected chi connectivity index (χ3v) is 2.92. The van der Waals surface area contributed by atoms with E-state index in [-0.39, 0.29) is 17.3 Å². The fraction of sp³-hybridized carbons (Fsp3) is 0.286. The Morgan fingerprint density at radius 3 is 2.73 bits per heavy atom. The highest BCUT2D eigenvalue weighted by Gasteiger charge is 2.30. The number of alkyl halides is 3. The smallest absolute Gasteiger partial charge is 0.349 e. The highest BCUT2D eigenvalue weighted by atomic mass is 19.4. The molecule has 0 saturated heterocycles. The second-order valence-electron chi connectivity index (χ2n) is 4.55. The van der Waals surface area contributed by atoms with E-state index < -0.39 is 11.7 Å². The number of hydrogen-bond acceptors (Lipinski definition) is 3. The van der Waals surface area contributed by atoms with E-state index in [1.807, 2.05) is 0 Å². The highest BCUT2D eigenvalue weighted by Crippen LogP contribution is 2.30. The summed E-state index contributed by atoms with van der Waals surface area (Å²) in [6.07, 6.45) is -2.97. The van der Waals surface area contributed by atoms with Crippen LogP contribution in [0.5, 0.6) is 0 Å². The van der Waals surface area contributed by atoms with Crippen molar-refractivity contribution in [1.82, 2.24) is 20.4 Å². The minimum Gasteiger partial charge on any atom is -0.349 e. The Hall–Kier alpha value is -2.35. The first-order valence-electron chi connectivity index (χ1n) is 6.58. The summed E-state index contributed by atoms with van der Waals surface area (Å²) in [5.41, 5.74) is -0.377. The number of amides is 1. The van der Waals surface area contributed by atoms with Crippen LogP contribution in [0.1, 0.15) is 16.1 Å². The molecule has 22 heavy (non-hydrogen) atoms. The number of rotatable bonds is 5. The molecule has 0 aliphatic rings. The van der Waals surface area contributed by atoms with E-state index in [0.717, 1.165) is 12.1 Å². The number of nitrogens with zero attached hydrogens (tertiary/aromatic N) is 2. The number of aromatic nitrogens is 2. The molecule has 0 unspecified atom stereocenters. The van der Waals surface area contributed by atoms with Crippen molar-refractivity contribution in [3.63, 3.8) is 0 Å². The molecule has 2 rings (SSSR count). The lowest BCUT2D eigenvalue weighted by Crippen LogP contribution is -2.30. The van der Waals surface area contributed by atoms with Gasteiger partial charge < -0.3 is 10.6 Å². The fourth-order valence-corrected chi connectivity index (χ4v) is 1.81. The van der Waals surface area contributed by atoms with Crippen molar-refractivity contribution in [2.24, 2.45) is 0 Å². The van der Waals surface area contributed by atoms with Gasteiger partial charge in [-0.25, -0.2) is 4.68 Å². The summed E-state index contributed by atoms with van der Waals surface area (Å²) in [6.45, 7) is 1.05. The van der Waals surface area contributed by atoms with Crippen LogP contribution in [0, 0.1) is 0 Å². The minimum absolute atomic E-state index is 0.147. The summed E-state index contributed by atoms with van der Waals surface area (Å²) in [5.74, 6) is -0.374. The largest absolute Gasteiger partial charge is 0.416 e. The number of carbonyl (C=O) groups is 1. The zero-order valence-electron chi connectivity index (χ0n) is 11.8. The lowest BCUT2D eigenvalue weighted by molar-refractivity contribution is -0.137. The molecular formula is C14H15F3N4O. The molecule has 5 nitrogen and oxygen atoms in total. The van der Waals surface area contributed by atoms with E-state index in [9.17, 15) is 18.0 Å². The van der Waals surface area contributed by atoms with Crippen molar-refractivity contribution in [1.29, 1.82) is 0 Å². The van der Waals surface area contributed by atoms with E-state index in [4.69, 9.17) is 0 Å². The highest BCUT2D eigenvalue weighted by molar-refractivity contribution is 5.92. The van der Waals surface area contributed by atoms with Gasteiger partial charge in [-0.1, -0.05) is 6.07 Å². The van der Waals surface area contributed by atoms with Gasteiger partial charge in [0.2, 0.25) is 0 Å². The lowest BCUT2D eigenvalue weighted by Gasteiger charge is -2.08. The molecule has 0 bridgehead atoms. The molecule has 8 heteroatoms. The number of likely N-dealkylation sites (N-methyl/N-ethyl adjacent to an activating group) is 1. The maximum atomic E-state index is 12.7. The monoisotopic (exact) mass is 312 g/mol. The molecule has 0 aliphatic carbocycles. The van der Waals surface area contributed by atoms with Crippen LogP contribution in [0.3, 0.4) is 0 Å². The molecule has 0 aliphatic heterocycles. The van der Waals surface area contributed by atoms with E-state index in [0.29, 0.717) is 13.1 Å². The van der Waals surface area contributed by atoms with Gasteiger partial charge >= 0.3 is 6.18 Å². The molecule has 1 heterocycles. The van der Waals surface area contributed by atoms with Gasteiger partial charge in [0.15, 0.2) is 5.69 Å². The Labute approximate surface area is 125 Å². The number of nitrogens with one attached hydrogen (secondary N) is 2. The summed E-state index contributed by atoms with van der Waals surface area (Å²) in [7, 11) is 1.76. The van der Waals surface area contributed by atoms with Crippen LogP contribution in [0.15, 0.2) is 36.5 Å². The van der Waals surface area contributed by atoms with Gasteiger partial charge in [0.25, 0.3) is 5.91 Å². The Kier molecular flexibility index (Phi) is 4.81. The number of carbonyl (C=O) groups excluding carboxylic acids is 1. The van der Waals surface area contributed by atoms with Gasteiger partial charge in [0.05, 0.1) is 11.3 Å². The zero-order valence-corrected chi connectivity index (χ0v) is 11.8. The normalized spacial score (nSPS) is 11.5. The van der Waals surface area contributed by atoms with Crippen molar-refractivity contribution in [2.75, 3.05) is 20.1 Å². The molecule has 1 amide bonds. The molecule has 1 aromatic carbocycles. The van der Waals surface area contributed by atoms with Gasteiger partial charge in [-0.15, -0.1) is 0 Å². The van der Waals surface area contributed by atoms with E-state index in [2.05, 4.69) is 15.7 Å². The minimum atomic E-state index is -4.42. The molecule has 0 spiro atoms. The van der Waals surface area contributed by atoms with Crippen molar-refractivity contribution in [3.05, 3.63) is 47.8 Å². The third-order valence-electron chi connectivity index (χ3n) is 2.92. The van der Waals surface area contributed by atoms with Gasteiger partial charge in [0, 0.05) is 19.3 Å². The van der Waals surface area contributed by atoms with Crippen LogP contribution in [-0.4, -0.2) is 35.8 Å². The molecule has 0 saturated carbocycles. The number of hydrogen-bond donors (Lipinski definition) is 2. The molecule has 0 fully saturated rings. The predicted octanol–water partition coefficient (Wildman–Crippen LogP) is 1.84. The second kappa shape index (κ2) is 6.61. The fourth-order valence-electron chi connectivity index (χ4n) is 1.81. The van der Waals surface area contributed by atoms with Crippen LogP contribution in [0.25, 0.3) is 5.69 Å². The van der Waals surface area contributed by atoms with Gasteiger partial charge in [-0.2, -0.15) is 18.3 Å². The molecular weight excluding hydrogens is 297 g/mol. The van der Waals surface area contributed by atoms with Crippen LogP contribution in [-0.2, 0) is 6.18 Å². The second-order valence-corrected chi connectivity index (χ2v) is 4.55. The quantitative estimate of drug-likeness (QED) is 0.828. The number of halogens is 3. The van der Waals surface area contributed by atoms with Crippen LogP contribution < -0.4 is 10.6 Å². The average molecular weight is 312 g/mol. The Balaban J connectivity index is 2.16. The van der Waals surface area contributed by atoms with Gasteiger partial charge in [0.1, 0.15) is 0 Å². The van der Waals surface area contributed by atoms with Crippen molar-refractivity contribution < 1.29 is 18.0 Å². The predicted molar refractivity (Wildman–Crippen MR) is 74.8 cm³/mol. The first kappa shape index (κ1) is 16.0. The van der Waals surface area contributed by atoms with Crippen LogP contribution in [0.4, 0.5) is 13.2 Å². The topological polar surface area (TPSA) is 58.9 Å². The maximum Gasteiger partial charge on any atom is 0.416 e. The van der Waals surface area contributed by atoms with Crippen LogP contribution in [0.2, 0.25) is 0 Å². The van der Waals surface area contributed by atoms with Gasteiger partial charge in [-0.05, 0) is 31.3 Å². The summed E-state index contributed by atoms with van der Waals surface area (Å²) in [6, 6.07) is 6.21. The maximum absolute atomic E-state index is 12.7. The zero-order chi connectivity index (χ0) is 16.2. The molecule has 0 atom stereocenters. The molecule has 1 aromatic heterocycles. The van der Waals surface area contributed by atoms with Crippen LogP contribution >= 0.6 is 0 Å². The Bertz CT molecular complexity index is 652. The first-order valence-corrected chi connectivity index (χ1v) is 6.58. The van der Waals surface area contributed by atoms with E-state index >= 15 is 0 Å². The third kappa shape index (κ3) is 3.85. The summed E-state index contributed by atoms with van der Waals surface area (Å²) >= 11 is 0. The van der Waals surface area contributed by atoms with Crippen molar-refractivity contribution >= 4 is 5.91 Å². The van der Waals surface area contributed by atoms with Gasteiger partial charge in [-0.3, -0.25) is 4.79 Å². The summed E-state index contributed by atoms with van der Waals surface area (Å²) in [5, 5.41) is 9.52. The lowest BCUT2D eigenvalue weighted by atomic mass is 10.2. The Morgan fingerprint density at radius 2 is 2.05 bits per heavy atom. The Morgan fingerprint density at radius 1 is 1.27 bits per heavy atom. The van der Waals surface area contributed by atoms with Crippen molar-refractivity contribution in [3.8, 4) is 5.69 Å². The number of benzene rings is 1. The molecule has 118 valence electrons. The van der Waals surface area contributed by atoms with Crippen molar-refractivity contribution in [2.45, 2.75) is 6.18 Å². The summed E-state index contributed by atoms with van der Waals surface area (Å²) in [4.78, 5) is 11.8. The first-order chi connectivity index (χ1) is 10.4.